The van der Waals surface area contributed by atoms with Crippen LogP contribution in [0.5, 0.6) is 0 Å². The quantitative estimate of drug-likeness (QED) is 0.812. The van der Waals surface area contributed by atoms with Gasteiger partial charge >= 0.3 is 0 Å². The maximum Gasteiger partial charge on any atom is 0.0952 e. The summed E-state index contributed by atoms with van der Waals surface area (Å²) in [5.74, 6) is 1.58. The molecule has 0 spiro atoms. The fourth-order valence-electron chi connectivity index (χ4n) is 3.05. The van der Waals surface area contributed by atoms with E-state index in [0.717, 1.165) is 29.9 Å². The number of nitrogens with one attached hydrogen (secondary N) is 1. The van der Waals surface area contributed by atoms with Gasteiger partial charge in [-0.2, -0.15) is 0 Å². The Labute approximate surface area is 134 Å². The van der Waals surface area contributed by atoms with Gasteiger partial charge in [-0.3, -0.25) is 0 Å². The van der Waals surface area contributed by atoms with Crippen LogP contribution in [0.1, 0.15) is 51.7 Å². The topological polar surface area (TPSA) is 21.3 Å². The third kappa shape index (κ3) is 4.98. The average molecular weight is 310 g/mol. The normalized spacial score (nSPS) is 27.5. The van der Waals surface area contributed by atoms with Crippen molar-refractivity contribution in [3.63, 3.8) is 0 Å². The minimum atomic E-state index is 0.118. The highest BCUT2D eigenvalue weighted by atomic mass is 35.5. The van der Waals surface area contributed by atoms with Crippen molar-refractivity contribution in [3.05, 3.63) is 34.9 Å². The Morgan fingerprint density at radius 1 is 1.19 bits per heavy atom. The number of likely N-dealkylation sites (N-methyl/N-ethyl adjacent to an activating group) is 1. The highest BCUT2D eigenvalue weighted by Gasteiger charge is 2.27. The molecule has 1 saturated carbocycles. The first kappa shape index (κ1) is 16.8. The summed E-state index contributed by atoms with van der Waals surface area (Å²) >= 11 is 5.99. The van der Waals surface area contributed by atoms with Crippen LogP contribution in [0.2, 0.25) is 5.02 Å². The molecule has 1 N–H and O–H groups in total. The Bertz CT molecular complexity index is 420. The standard InChI is InChI=1S/C18H28ClNO/c1-4-20-12-18(15-6-8-16(19)9-7-15)21-17-10-5-13(2)14(3)11-17/h6-9,13-14,17-18,20H,4-5,10-12H2,1-3H3. The van der Waals surface area contributed by atoms with E-state index < -0.39 is 0 Å². The second-order valence-electron chi connectivity index (χ2n) is 6.37. The van der Waals surface area contributed by atoms with Crippen molar-refractivity contribution in [1.29, 1.82) is 0 Å². The molecule has 0 heterocycles. The molecule has 118 valence electrons. The number of hydrogen-bond donors (Lipinski definition) is 1. The van der Waals surface area contributed by atoms with E-state index in [-0.39, 0.29) is 6.10 Å². The van der Waals surface area contributed by atoms with Crippen LogP contribution in [0.4, 0.5) is 0 Å². The maximum atomic E-state index is 6.43. The zero-order chi connectivity index (χ0) is 15.2. The van der Waals surface area contributed by atoms with Crippen molar-refractivity contribution in [2.24, 2.45) is 11.8 Å². The fraction of sp³-hybridized carbons (Fsp3) is 0.667. The second kappa shape index (κ2) is 8.17. The van der Waals surface area contributed by atoms with Gasteiger partial charge in [0, 0.05) is 11.6 Å². The van der Waals surface area contributed by atoms with Crippen LogP contribution in [-0.2, 0) is 4.74 Å². The van der Waals surface area contributed by atoms with Crippen LogP contribution in [0.15, 0.2) is 24.3 Å². The molecule has 1 aliphatic carbocycles. The van der Waals surface area contributed by atoms with Crippen LogP contribution in [0.25, 0.3) is 0 Å². The van der Waals surface area contributed by atoms with Gasteiger partial charge in [0.25, 0.3) is 0 Å². The number of benzene rings is 1. The molecule has 0 aromatic heterocycles. The van der Waals surface area contributed by atoms with Crippen LogP contribution in [0, 0.1) is 11.8 Å². The summed E-state index contributed by atoms with van der Waals surface area (Å²) in [6.07, 6.45) is 4.14. The highest BCUT2D eigenvalue weighted by Crippen LogP contribution is 2.33. The maximum absolute atomic E-state index is 6.43. The van der Waals surface area contributed by atoms with E-state index in [1.54, 1.807) is 0 Å². The first-order chi connectivity index (χ1) is 10.1. The van der Waals surface area contributed by atoms with Crippen LogP contribution in [-0.4, -0.2) is 19.2 Å². The summed E-state index contributed by atoms with van der Waals surface area (Å²) in [5.41, 5.74) is 1.21. The smallest absolute Gasteiger partial charge is 0.0952 e. The number of hydrogen-bond acceptors (Lipinski definition) is 2. The molecule has 1 aromatic rings. The zero-order valence-electron chi connectivity index (χ0n) is 13.4. The first-order valence-corrected chi connectivity index (χ1v) is 8.59. The van der Waals surface area contributed by atoms with Gasteiger partial charge in [-0.15, -0.1) is 0 Å². The fourth-order valence-corrected chi connectivity index (χ4v) is 3.18. The summed E-state index contributed by atoms with van der Waals surface area (Å²) in [4.78, 5) is 0. The van der Waals surface area contributed by atoms with Gasteiger partial charge in [-0.1, -0.05) is 44.5 Å². The van der Waals surface area contributed by atoms with Gasteiger partial charge in [0.2, 0.25) is 0 Å². The van der Waals surface area contributed by atoms with E-state index >= 15 is 0 Å². The van der Waals surface area contributed by atoms with Crippen molar-refractivity contribution in [3.8, 4) is 0 Å². The van der Waals surface area contributed by atoms with E-state index in [1.807, 2.05) is 12.1 Å². The Hall–Kier alpha value is -0.570. The van der Waals surface area contributed by atoms with Crippen molar-refractivity contribution >= 4 is 11.6 Å². The molecule has 2 rings (SSSR count). The molecule has 0 aliphatic heterocycles. The lowest BCUT2D eigenvalue weighted by Crippen LogP contribution is -2.31. The summed E-state index contributed by atoms with van der Waals surface area (Å²) < 4.78 is 6.43. The summed E-state index contributed by atoms with van der Waals surface area (Å²) in [6, 6.07) is 8.06. The monoisotopic (exact) mass is 309 g/mol. The van der Waals surface area contributed by atoms with E-state index in [0.29, 0.717) is 6.10 Å². The van der Waals surface area contributed by atoms with Gasteiger partial charge < -0.3 is 10.1 Å². The third-order valence-electron chi connectivity index (χ3n) is 4.73. The van der Waals surface area contributed by atoms with Gasteiger partial charge in [0.05, 0.1) is 12.2 Å². The number of rotatable bonds is 6. The van der Waals surface area contributed by atoms with E-state index in [4.69, 9.17) is 16.3 Å². The van der Waals surface area contributed by atoms with E-state index in [1.165, 1.54) is 24.8 Å². The molecule has 3 heteroatoms. The summed E-state index contributed by atoms with van der Waals surface area (Å²) in [6.45, 7) is 8.66. The summed E-state index contributed by atoms with van der Waals surface area (Å²) in [7, 11) is 0. The Balaban J connectivity index is 2.00. The van der Waals surface area contributed by atoms with Crippen LogP contribution >= 0.6 is 11.6 Å². The number of halogens is 1. The predicted molar refractivity (Wildman–Crippen MR) is 89.8 cm³/mol. The molecule has 4 atom stereocenters. The Morgan fingerprint density at radius 2 is 1.90 bits per heavy atom. The molecule has 0 saturated heterocycles. The van der Waals surface area contributed by atoms with Gasteiger partial charge in [0.15, 0.2) is 0 Å². The molecule has 0 bridgehead atoms. The lowest BCUT2D eigenvalue weighted by molar-refractivity contribution is -0.0478. The van der Waals surface area contributed by atoms with Crippen LogP contribution in [0.3, 0.4) is 0 Å². The molecule has 1 aliphatic rings. The molecule has 0 radical (unpaired) electrons. The molecule has 1 aromatic carbocycles. The molecule has 2 nitrogen and oxygen atoms in total. The minimum absolute atomic E-state index is 0.118. The molecule has 1 fully saturated rings. The van der Waals surface area contributed by atoms with Crippen molar-refractivity contribution in [2.75, 3.05) is 13.1 Å². The average Bonchev–Trinajstić information content (AvgIpc) is 2.48. The minimum Gasteiger partial charge on any atom is -0.369 e. The molecule has 21 heavy (non-hydrogen) atoms. The molecular formula is C18H28ClNO. The van der Waals surface area contributed by atoms with Crippen molar-refractivity contribution < 1.29 is 4.74 Å². The van der Waals surface area contributed by atoms with Gasteiger partial charge in [0.1, 0.15) is 0 Å². The predicted octanol–water partition coefficient (Wildman–Crippen LogP) is 4.83. The zero-order valence-corrected chi connectivity index (χ0v) is 14.2. The third-order valence-corrected chi connectivity index (χ3v) is 4.98. The van der Waals surface area contributed by atoms with Crippen LogP contribution < -0.4 is 5.32 Å². The SMILES string of the molecule is CCNCC(OC1CCC(C)C(C)C1)c1ccc(Cl)cc1. The lowest BCUT2D eigenvalue weighted by Gasteiger charge is -2.34. The lowest BCUT2D eigenvalue weighted by atomic mass is 9.80. The second-order valence-corrected chi connectivity index (χ2v) is 6.81. The van der Waals surface area contributed by atoms with Gasteiger partial charge in [-0.25, -0.2) is 0 Å². The largest absolute Gasteiger partial charge is 0.369 e. The van der Waals surface area contributed by atoms with Gasteiger partial charge in [-0.05, 0) is 55.3 Å². The Kier molecular flexibility index (Phi) is 6.53. The summed E-state index contributed by atoms with van der Waals surface area (Å²) in [5, 5.41) is 4.19. The molecule has 0 amide bonds. The van der Waals surface area contributed by atoms with Crippen molar-refractivity contribution in [1.82, 2.24) is 5.32 Å². The molecule has 4 unspecified atom stereocenters. The van der Waals surface area contributed by atoms with E-state index in [9.17, 15) is 0 Å². The molecular weight excluding hydrogens is 282 g/mol. The van der Waals surface area contributed by atoms with Crippen molar-refractivity contribution in [2.45, 2.75) is 52.2 Å². The number of ether oxygens (including phenoxy) is 1. The van der Waals surface area contributed by atoms with E-state index in [2.05, 4.69) is 38.2 Å². The highest BCUT2D eigenvalue weighted by molar-refractivity contribution is 6.30. The Morgan fingerprint density at radius 3 is 2.52 bits per heavy atom. The first-order valence-electron chi connectivity index (χ1n) is 8.21.